The summed E-state index contributed by atoms with van der Waals surface area (Å²) in [6.07, 6.45) is 13.6. The van der Waals surface area contributed by atoms with Gasteiger partial charge >= 0.3 is 0 Å². The maximum Gasteiger partial charge on any atom is 0.107 e. The molecule has 1 aliphatic heterocycles. The van der Waals surface area contributed by atoms with Crippen molar-refractivity contribution in [2.45, 2.75) is 31.5 Å². The van der Waals surface area contributed by atoms with Crippen LogP contribution in [-0.2, 0) is 14.2 Å². The van der Waals surface area contributed by atoms with E-state index in [2.05, 4.69) is 31.9 Å². The Morgan fingerprint density at radius 1 is 0.952 bits per heavy atom. The first-order valence-electron chi connectivity index (χ1n) is 7.62. The van der Waals surface area contributed by atoms with Gasteiger partial charge in [0.1, 0.15) is 6.10 Å². The predicted octanol–water partition coefficient (Wildman–Crippen LogP) is 3.69. The molecule has 0 aromatic heterocycles. The lowest BCUT2D eigenvalue weighted by molar-refractivity contribution is 0.141. The third kappa shape index (κ3) is 8.66. The third-order valence-electron chi connectivity index (χ3n) is 3.42. The minimum absolute atomic E-state index is 0.276. The van der Waals surface area contributed by atoms with E-state index in [1.807, 2.05) is 6.08 Å². The van der Waals surface area contributed by atoms with E-state index in [0.717, 1.165) is 19.3 Å². The van der Waals surface area contributed by atoms with E-state index in [4.69, 9.17) is 14.2 Å². The maximum absolute atomic E-state index is 5.59. The van der Waals surface area contributed by atoms with Gasteiger partial charge in [0.25, 0.3) is 0 Å². The summed E-state index contributed by atoms with van der Waals surface area (Å²) in [5.41, 5.74) is 0. The molecule has 1 saturated heterocycles. The Morgan fingerprint density at radius 2 is 1.71 bits per heavy atom. The van der Waals surface area contributed by atoms with Gasteiger partial charge in [-0.05, 0) is 25.2 Å². The highest BCUT2D eigenvalue weighted by Crippen LogP contribution is 2.29. The average Bonchev–Trinajstić information content (AvgIpc) is 3.24. The zero-order chi connectivity index (χ0) is 15.3. The van der Waals surface area contributed by atoms with E-state index in [0.29, 0.717) is 38.4 Å². The zero-order valence-corrected chi connectivity index (χ0v) is 12.9. The summed E-state index contributed by atoms with van der Waals surface area (Å²) in [5, 5.41) is 0. The topological polar surface area (TPSA) is 31.0 Å². The Morgan fingerprint density at radius 3 is 2.43 bits per heavy atom. The number of hydrogen-bond acceptors (Lipinski definition) is 3. The van der Waals surface area contributed by atoms with Crippen LogP contribution in [0.4, 0.5) is 0 Å². The number of hydrogen-bond donors (Lipinski definition) is 0. The van der Waals surface area contributed by atoms with Crippen molar-refractivity contribution in [3.63, 3.8) is 0 Å². The molecule has 0 bridgehead atoms. The SMILES string of the molecule is C=CCOC/C=C/CC(C=C)CCC1OC1COCC=C. The van der Waals surface area contributed by atoms with Crippen LogP contribution >= 0.6 is 0 Å². The van der Waals surface area contributed by atoms with Crippen molar-refractivity contribution < 1.29 is 14.2 Å². The molecular weight excluding hydrogens is 264 g/mol. The minimum Gasteiger partial charge on any atom is -0.375 e. The summed E-state index contributed by atoms with van der Waals surface area (Å²) in [6.45, 7) is 13.7. The largest absolute Gasteiger partial charge is 0.375 e. The molecule has 1 fully saturated rings. The van der Waals surface area contributed by atoms with Gasteiger partial charge in [-0.2, -0.15) is 0 Å². The lowest BCUT2D eigenvalue weighted by Gasteiger charge is -2.08. The Balaban J connectivity index is 2.05. The molecule has 0 radical (unpaired) electrons. The summed E-state index contributed by atoms with van der Waals surface area (Å²) < 4.78 is 16.3. The van der Waals surface area contributed by atoms with Crippen molar-refractivity contribution >= 4 is 0 Å². The summed E-state index contributed by atoms with van der Waals surface area (Å²) in [4.78, 5) is 0. The fraction of sp³-hybridized carbons (Fsp3) is 0.556. The Bertz CT molecular complexity index is 335. The van der Waals surface area contributed by atoms with Crippen molar-refractivity contribution in [3.05, 3.63) is 50.1 Å². The molecule has 3 nitrogen and oxygen atoms in total. The van der Waals surface area contributed by atoms with E-state index in [9.17, 15) is 0 Å². The molecular formula is C18H28O3. The molecule has 3 heteroatoms. The van der Waals surface area contributed by atoms with Crippen molar-refractivity contribution in [1.29, 1.82) is 0 Å². The molecule has 21 heavy (non-hydrogen) atoms. The molecule has 1 aliphatic rings. The van der Waals surface area contributed by atoms with Gasteiger partial charge in [0.05, 0.1) is 32.5 Å². The second-order valence-corrected chi connectivity index (χ2v) is 5.15. The fourth-order valence-corrected chi connectivity index (χ4v) is 2.12. The first-order chi connectivity index (χ1) is 10.3. The molecule has 118 valence electrons. The molecule has 0 spiro atoms. The van der Waals surface area contributed by atoms with E-state index < -0.39 is 0 Å². The van der Waals surface area contributed by atoms with Crippen LogP contribution in [0.2, 0.25) is 0 Å². The third-order valence-corrected chi connectivity index (χ3v) is 3.42. The van der Waals surface area contributed by atoms with Crippen LogP contribution in [0.15, 0.2) is 50.1 Å². The number of ether oxygens (including phenoxy) is 3. The van der Waals surface area contributed by atoms with Gasteiger partial charge in [-0.1, -0.05) is 30.4 Å². The zero-order valence-electron chi connectivity index (χ0n) is 12.9. The van der Waals surface area contributed by atoms with Crippen molar-refractivity contribution in [2.75, 3.05) is 26.4 Å². The molecule has 0 saturated carbocycles. The standard InChI is InChI=1S/C18H28O3/c1-4-12-19-14-8-7-9-16(6-3)10-11-17-18(21-17)15-20-13-5-2/h4-8,16-18H,1-3,9-15H2/b8-7+. The highest BCUT2D eigenvalue weighted by Gasteiger charge is 2.38. The molecule has 1 heterocycles. The monoisotopic (exact) mass is 292 g/mol. The minimum atomic E-state index is 0.276. The van der Waals surface area contributed by atoms with Crippen LogP contribution in [0, 0.1) is 5.92 Å². The first kappa shape index (κ1) is 17.9. The normalized spacial score (nSPS) is 22.1. The second-order valence-electron chi connectivity index (χ2n) is 5.15. The summed E-state index contributed by atoms with van der Waals surface area (Å²) in [7, 11) is 0. The van der Waals surface area contributed by atoms with E-state index in [1.54, 1.807) is 12.2 Å². The lowest BCUT2D eigenvalue weighted by Crippen LogP contribution is -2.06. The van der Waals surface area contributed by atoms with Gasteiger partial charge in [-0.25, -0.2) is 0 Å². The van der Waals surface area contributed by atoms with Crippen LogP contribution in [0.1, 0.15) is 19.3 Å². The Labute approximate surface area is 129 Å². The molecule has 0 aromatic carbocycles. The molecule has 1 rings (SSSR count). The molecule has 0 aliphatic carbocycles. The quantitative estimate of drug-likeness (QED) is 0.278. The van der Waals surface area contributed by atoms with Crippen molar-refractivity contribution in [2.24, 2.45) is 5.92 Å². The highest BCUT2D eigenvalue weighted by molar-refractivity contribution is 4.92. The maximum atomic E-state index is 5.59. The fourth-order valence-electron chi connectivity index (χ4n) is 2.12. The van der Waals surface area contributed by atoms with Crippen LogP contribution in [0.3, 0.4) is 0 Å². The predicted molar refractivity (Wildman–Crippen MR) is 87.4 cm³/mol. The summed E-state index contributed by atoms with van der Waals surface area (Å²) >= 11 is 0. The molecule has 0 N–H and O–H groups in total. The number of allylic oxidation sites excluding steroid dienone is 2. The molecule has 3 atom stereocenters. The van der Waals surface area contributed by atoms with Gasteiger partial charge in [-0.3, -0.25) is 0 Å². The van der Waals surface area contributed by atoms with Crippen LogP contribution in [0.5, 0.6) is 0 Å². The highest BCUT2D eigenvalue weighted by atomic mass is 16.6. The number of rotatable bonds is 14. The smallest absolute Gasteiger partial charge is 0.107 e. The van der Waals surface area contributed by atoms with E-state index >= 15 is 0 Å². The number of epoxide rings is 1. The first-order valence-corrected chi connectivity index (χ1v) is 7.62. The molecule has 0 aromatic rings. The average molecular weight is 292 g/mol. The summed E-state index contributed by atoms with van der Waals surface area (Å²) in [6, 6.07) is 0. The van der Waals surface area contributed by atoms with Crippen molar-refractivity contribution in [3.8, 4) is 0 Å². The molecule has 0 amide bonds. The van der Waals surface area contributed by atoms with Gasteiger partial charge in [0.2, 0.25) is 0 Å². The van der Waals surface area contributed by atoms with Gasteiger partial charge in [0, 0.05) is 0 Å². The lowest BCUT2D eigenvalue weighted by atomic mass is 9.97. The summed E-state index contributed by atoms with van der Waals surface area (Å²) in [5.74, 6) is 0.500. The second kappa shape index (κ2) is 11.5. The van der Waals surface area contributed by atoms with Crippen molar-refractivity contribution in [1.82, 2.24) is 0 Å². The molecule has 3 unspecified atom stereocenters. The Kier molecular flexibility index (Phi) is 9.79. The van der Waals surface area contributed by atoms with Crippen LogP contribution in [-0.4, -0.2) is 38.6 Å². The van der Waals surface area contributed by atoms with Gasteiger partial charge in [-0.15, -0.1) is 19.7 Å². The Hall–Kier alpha value is -1.16. The van der Waals surface area contributed by atoms with Crippen LogP contribution in [0.25, 0.3) is 0 Å². The van der Waals surface area contributed by atoms with Gasteiger partial charge < -0.3 is 14.2 Å². The van der Waals surface area contributed by atoms with E-state index in [-0.39, 0.29) is 6.10 Å². The van der Waals surface area contributed by atoms with Crippen LogP contribution < -0.4 is 0 Å². The van der Waals surface area contributed by atoms with E-state index in [1.165, 1.54) is 0 Å². The van der Waals surface area contributed by atoms with Gasteiger partial charge in [0.15, 0.2) is 0 Å².